The van der Waals surface area contributed by atoms with Gasteiger partial charge in [-0.05, 0) is 26.0 Å². The summed E-state index contributed by atoms with van der Waals surface area (Å²) in [4.78, 5) is 27.0. The van der Waals surface area contributed by atoms with E-state index in [1.165, 1.54) is 35.7 Å². The maximum atomic E-state index is 14.8. The fourth-order valence-electron chi connectivity index (χ4n) is 5.51. The largest absolute Gasteiger partial charge is 0.497 e. The van der Waals surface area contributed by atoms with Crippen LogP contribution in [0.2, 0.25) is 0 Å². The third kappa shape index (κ3) is 5.05. The molecule has 2 aliphatic rings. The summed E-state index contributed by atoms with van der Waals surface area (Å²) in [6.45, 7) is 4.76. The number of aliphatic carboxylic acids is 1. The topological polar surface area (TPSA) is 130 Å². The van der Waals surface area contributed by atoms with Gasteiger partial charge in [-0.15, -0.1) is 0 Å². The fourth-order valence-corrected chi connectivity index (χ4v) is 5.51. The van der Waals surface area contributed by atoms with E-state index in [0.29, 0.717) is 64.9 Å². The Morgan fingerprint density at radius 1 is 1.12 bits per heavy atom. The molecular formula is C30H30FN5O7. The number of carbonyl (C=O) groups excluding carboxylic acids is 1. The molecule has 13 heteroatoms. The van der Waals surface area contributed by atoms with Gasteiger partial charge in [-0.3, -0.25) is 14.3 Å². The van der Waals surface area contributed by atoms with Crippen LogP contribution >= 0.6 is 0 Å². The highest BCUT2D eigenvalue weighted by Gasteiger charge is 2.39. The molecule has 0 bridgehead atoms. The number of carboxylic acid groups (broad SMARTS) is 1. The first-order valence-electron chi connectivity index (χ1n) is 13.6. The van der Waals surface area contributed by atoms with Crippen LogP contribution in [0.3, 0.4) is 0 Å². The number of methoxy groups -OCH3 is 2. The predicted molar refractivity (Wildman–Crippen MR) is 151 cm³/mol. The van der Waals surface area contributed by atoms with Crippen molar-refractivity contribution in [2.75, 3.05) is 34.0 Å². The monoisotopic (exact) mass is 591 g/mol. The number of hydrogen-bond acceptors (Lipinski definition) is 8. The van der Waals surface area contributed by atoms with Gasteiger partial charge in [0.1, 0.15) is 36.2 Å². The van der Waals surface area contributed by atoms with E-state index in [2.05, 4.69) is 5.10 Å². The Balaban J connectivity index is 1.56. The second kappa shape index (κ2) is 10.7. The Labute approximate surface area is 246 Å². The van der Waals surface area contributed by atoms with Gasteiger partial charge in [0.25, 0.3) is 5.91 Å². The Morgan fingerprint density at radius 2 is 1.93 bits per heavy atom. The van der Waals surface area contributed by atoms with Crippen LogP contribution in [0, 0.1) is 5.82 Å². The van der Waals surface area contributed by atoms with Gasteiger partial charge in [0, 0.05) is 53.2 Å². The van der Waals surface area contributed by atoms with Crippen LogP contribution in [0.5, 0.6) is 17.2 Å². The predicted octanol–water partition coefficient (Wildman–Crippen LogP) is 3.79. The smallest absolute Gasteiger partial charge is 0.325 e. The highest BCUT2D eigenvalue weighted by atomic mass is 19.1. The third-order valence-corrected chi connectivity index (χ3v) is 7.58. The van der Waals surface area contributed by atoms with Crippen LogP contribution < -0.4 is 14.2 Å². The molecule has 0 spiro atoms. The molecule has 4 heterocycles. The molecule has 1 fully saturated rings. The quantitative estimate of drug-likeness (QED) is 0.341. The molecule has 2 aromatic heterocycles. The highest BCUT2D eigenvalue weighted by Crippen LogP contribution is 2.46. The van der Waals surface area contributed by atoms with Crippen LogP contribution in [-0.2, 0) is 22.7 Å². The van der Waals surface area contributed by atoms with Crippen molar-refractivity contribution in [1.29, 1.82) is 0 Å². The standard InChI is InChI=1S/C30H30FN5O7/c1-30(2)16-42-6-5-35(30)29(39)27-23-15-43-25-11-24(41-4)21(17-12-32-34(13-17)14-26(37)38)10-22(25)28(23)36(33-27)19-7-18(31)8-20(9-19)40-3/h7-13H,5-6,14-16H2,1-4H3,(H,37,38). The minimum Gasteiger partial charge on any atom is -0.497 e. The average molecular weight is 592 g/mol. The number of ether oxygens (including phenoxy) is 4. The first-order valence-corrected chi connectivity index (χ1v) is 13.6. The number of morpholine rings is 1. The molecule has 224 valence electrons. The van der Waals surface area contributed by atoms with Crippen molar-refractivity contribution >= 4 is 11.9 Å². The number of benzene rings is 2. The number of amides is 1. The SMILES string of the molecule is COc1cc(F)cc(-n2nc(C(=O)N3CCOCC3(C)C)c3c2-c2cc(-c4cnn(CC(=O)O)c4)c(OC)cc2OC3)c1. The van der Waals surface area contributed by atoms with Crippen molar-refractivity contribution in [3.05, 3.63) is 59.8 Å². The zero-order valence-corrected chi connectivity index (χ0v) is 24.1. The summed E-state index contributed by atoms with van der Waals surface area (Å²) in [6, 6.07) is 7.75. The minimum absolute atomic E-state index is 0.0413. The lowest BCUT2D eigenvalue weighted by Crippen LogP contribution is -2.55. The van der Waals surface area contributed by atoms with E-state index in [1.807, 2.05) is 19.9 Å². The normalized spacial score (nSPS) is 15.3. The van der Waals surface area contributed by atoms with Gasteiger partial charge < -0.3 is 29.0 Å². The number of hydrogen-bond donors (Lipinski definition) is 1. The summed E-state index contributed by atoms with van der Waals surface area (Å²) in [5, 5.41) is 18.1. The van der Waals surface area contributed by atoms with Crippen molar-refractivity contribution in [3.8, 4) is 45.3 Å². The van der Waals surface area contributed by atoms with Gasteiger partial charge in [0.05, 0.1) is 50.6 Å². The maximum absolute atomic E-state index is 14.8. The molecular weight excluding hydrogens is 561 g/mol. The molecule has 2 aromatic carbocycles. The molecule has 4 aromatic rings. The molecule has 0 radical (unpaired) electrons. The Morgan fingerprint density at radius 3 is 2.65 bits per heavy atom. The summed E-state index contributed by atoms with van der Waals surface area (Å²) >= 11 is 0. The number of fused-ring (bicyclic) bond motifs is 3. The lowest BCUT2D eigenvalue weighted by Gasteiger charge is -2.41. The minimum atomic E-state index is -1.03. The van der Waals surface area contributed by atoms with E-state index < -0.39 is 17.3 Å². The zero-order valence-electron chi connectivity index (χ0n) is 24.1. The van der Waals surface area contributed by atoms with Gasteiger partial charge in [0.15, 0.2) is 5.69 Å². The van der Waals surface area contributed by atoms with E-state index in [-0.39, 0.29) is 30.5 Å². The average Bonchev–Trinajstić information content (AvgIpc) is 3.60. The zero-order chi connectivity index (χ0) is 30.5. The molecule has 12 nitrogen and oxygen atoms in total. The molecule has 2 aliphatic heterocycles. The molecule has 0 saturated carbocycles. The summed E-state index contributed by atoms with van der Waals surface area (Å²) in [5.74, 6) is -0.616. The van der Waals surface area contributed by atoms with E-state index in [4.69, 9.17) is 24.0 Å². The van der Waals surface area contributed by atoms with E-state index >= 15 is 0 Å². The van der Waals surface area contributed by atoms with E-state index in [1.54, 1.807) is 29.4 Å². The summed E-state index contributed by atoms with van der Waals surface area (Å²) in [5.41, 5.74) is 2.86. The molecule has 1 saturated heterocycles. The van der Waals surface area contributed by atoms with Crippen molar-refractivity contribution in [3.63, 3.8) is 0 Å². The number of nitrogens with zero attached hydrogens (tertiary/aromatic N) is 5. The lowest BCUT2D eigenvalue weighted by molar-refractivity contribution is -0.137. The van der Waals surface area contributed by atoms with Gasteiger partial charge in [-0.2, -0.15) is 10.2 Å². The second-order valence-electron chi connectivity index (χ2n) is 10.9. The van der Waals surface area contributed by atoms with Crippen LogP contribution in [0.25, 0.3) is 28.1 Å². The summed E-state index contributed by atoms with van der Waals surface area (Å²) in [6.07, 6.45) is 3.15. The fraction of sp³-hybridized carbons (Fsp3) is 0.333. The van der Waals surface area contributed by atoms with Crippen molar-refractivity contribution in [2.24, 2.45) is 0 Å². The lowest BCUT2D eigenvalue weighted by atomic mass is 9.96. The Hall–Kier alpha value is -4.91. The number of carboxylic acids is 1. The van der Waals surface area contributed by atoms with Gasteiger partial charge in [-0.25, -0.2) is 9.07 Å². The van der Waals surface area contributed by atoms with Gasteiger partial charge >= 0.3 is 5.97 Å². The van der Waals surface area contributed by atoms with Crippen molar-refractivity contribution in [2.45, 2.75) is 32.5 Å². The second-order valence-corrected chi connectivity index (χ2v) is 10.9. The Kier molecular flexibility index (Phi) is 7.04. The molecule has 1 amide bonds. The van der Waals surface area contributed by atoms with Crippen LogP contribution in [-0.4, -0.2) is 81.0 Å². The molecule has 6 rings (SSSR count). The summed E-state index contributed by atoms with van der Waals surface area (Å²) in [7, 11) is 2.96. The third-order valence-electron chi connectivity index (χ3n) is 7.58. The molecule has 43 heavy (non-hydrogen) atoms. The number of carbonyl (C=O) groups is 2. The van der Waals surface area contributed by atoms with Crippen molar-refractivity contribution < 1.29 is 38.0 Å². The Bertz CT molecular complexity index is 1740. The first kappa shape index (κ1) is 28.2. The molecule has 0 unspecified atom stereocenters. The van der Waals surface area contributed by atoms with Crippen LogP contribution in [0.15, 0.2) is 42.7 Å². The van der Waals surface area contributed by atoms with Crippen LogP contribution in [0.1, 0.15) is 29.9 Å². The summed E-state index contributed by atoms with van der Waals surface area (Å²) < 4.78 is 40.4. The number of halogens is 1. The molecule has 0 aliphatic carbocycles. The van der Waals surface area contributed by atoms with Crippen LogP contribution in [0.4, 0.5) is 4.39 Å². The molecule has 0 atom stereocenters. The maximum Gasteiger partial charge on any atom is 0.325 e. The highest BCUT2D eigenvalue weighted by molar-refractivity contribution is 5.97. The van der Waals surface area contributed by atoms with Crippen molar-refractivity contribution in [1.82, 2.24) is 24.5 Å². The van der Waals surface area contributed by atoms with Gasteiger partial charge in [0.2, 0.25) is 0 Å². The van der Waals surface area contributed by atoms with E-state index in [9.17, 15) is 19.1 Å². The molecule has 1 N–H and O–H groups in total. The number of aromatic nitrogens is 4. The van der Waals surface area contributed by atoms with E-state index in [0.717, 1.165) is 0 Å². The first-order chi connectivity index (χ1) is 20.6. The number of rotatable bonds is 7. The van der Waals surface area contributed by atoms with Gasteiger partial charge in [-0.1, -0.05) is 0 Å².